The van der Waals surface area contributed by atoms with Crippen LogP contribution in [-0.2, 0) is 11.3 Å². The van der Waals surface area contributed by atoms with Gasteiger partial charge in [-0.15, -0.1) is 0 Å². The molecular weight excluding hydrogens is 287 g/mol. The van der Waals surface area contributed by atoms with Crippen LogP contribution in [0.3, 0.4) is 0 Å². The molecule has 0 saturated heterocycles. The van der Waals surface area contributed by atoms with Gasteiger partial charge >= 0.3 is 0 Å². The van der Waals surface area contributed by atoms with E-state index in [2.05, 4.69) is 21.2 Å². The molecule has 1 aromatic carbocycles. The van der Waals surface area contributed by atoms with Gasteiger partial charge in [0, 0.05) is 16.6 Å². The molecule has 1 fully saturated rings. The van der Waals surface area contributed by atoms with Gasteiger partial charge in [-0.25, -0.2) is 4.39 Å². The second kappa shape index (κ2) is 4.46. The van der Waals surface area contributed by atoms with Crippen LogP contribution in [0.4, 0.5) is 4.39 Å². The Balaban J connectivity index is 2.01. The van der Waals surface area contributed by atoms with Crippen LogP contribution in [-0.4, -0.2) is 5.91 Å². The summed E-state index contributed by atoms with van der Waals surface area (Å²) in [7, 11) is 0. The minimum Gasteiger partial charge on any atom is -0.351 e. The maximum absolute atomic E-state index is 13.4. The van der Waals surface area contributed by atoms with Gasteiger partial charge in [-0.2, -0.15) is 5.26 Å². The van der Waals surface area contributed by atoms with E-state index in [-0.39, 0.29) is 18.3 Å². The lowest BCUT2D eigenvalue weighted by atomic mass is 10.1. The van der Waals surface area contributed by atoms with E-state index < -0.39 is 5.41 Å². The van der Waals surface area contributed by atoms with Crippen LogP contribution in [0.2, 0.25) is 0 Å². The van der Waals surface area contributed by atoms with Gasteiger partial charge in [-0.1, -0.05) is 15.9 Å². The second-order valence-corrected chi connectivity index (χ2v) is 5.03. The van der Waals surface area contributed by atoms with Crippen molar-refractivity contribution in [2.75, 3.05) is 0 Å². The molecule has 3 nitrogen and oxygen atoms in total. The molecule has 0 heterocycles. The molecule has 0 unspecified atom stereocenters. The molecule has 5 heteroatoms. The summed E-state index contributed by atoms with van der Waals surface area (Å²) >= 11 is 3.24. The number of carbonyl (C=O) groups excluding carboxylic acids is 1. The standard InChI is InChI=1S/C12H10BrFN2O/c13-9-1-2-10(14)8(5-9)6-16-11(17)12(7-15)3-4-12/h1-2,5H,3-4,6H2,(H,16,17). The van der Waals surface area contributed by atoms with E-state index in [0.717, 1.165) is 4.47 Å². The predicted octanol–water partition coefficient (Wildman–Crippen LogP) is 2.51. The van der Waals surface area contributed by atoms with Gasteiger partial charge in [-0.05, 0) is 31.0 Å². The van der Waals surface area contributed by atoms with Crippen molar-refractivity contribution in [2.24, 2.45) is 5.41 Å². The highest BCUT2D eigenvalue weighted by molar-refractivity contribution is 9.10. The molecule has 1 amide bonds. The van der Waals surface area contributed by atoms with Crippen molar-refractivity contribution < 1.29 is 9.18 Å². The van der Waals surface area contributed by atoms with E-state index >= 15 is 0 Å². The smallest absolute Gasteiger partial charge is 0.240 e. The summed E-state index contributed by atoms with van der Waals surface area (Å²) in [6.45, 7) is 0.105. The molecule has 0 bridgehead atoms. The van der Waals surface area contributed by atoms with E-state index in [9.17, 15) is 9.18 Å². The van der Waals surface area contributed by atoms with Gasteiger partial charge in [0.15, 0.2) is 0 Å². The van der Waals surface area contributed by atoms with E-state index in [1.807, 2.05) is 6.07 Å². The summed E-state index contributed by atoms with van der Waals surface area (Å²) in [5, 5.41) is 11.4. The first-order valence-corrected chi connectivity index (χ1v) is 6.00. The summed E-state index contributed by atoms with van der Waals surface area (Å²) in [6.07, 6.45) is 1.19. The minimum absolute atomic E-state index is 0.105. The third kappa shape index (κ3) is 2.47. The molecule has 1 aliphatic carbocycles. The number of nitrogens with one attached hydrogen (secondary N) is 1. The fourth-order valence-electron chi connectivity index (χ4n) is 1.54. The molecule has 1 saturated carbocycles. The summed E-state index contributed by atoms with van der Waals surface area (Å²) in [4.78, 5) is 11.7. The third-order valence-corrected chi connectivity index (χ3v) is 3.34. The Labute approximate surface area is 107 Å². The van der Waals surface area contributed by atoms with Crippen LogP contribution in [0.15, 0.2) is 22.7 Å². The van der Waals surface area contributed by atoms with Gasteiger partial charge in [0.05, 0.1) is 6.07 Å². The summed E-state index contributed by atoms with van der Waals surface area (Å²) in [5.41, 5.74) is -0.455. The van der Waals surface area contributed by atoms with Crippen molar-refractivity contribution in [1.29, 1.82) is 5.26 Å². The predicted molar refractivity (Wildman–Crippen MR) is 63.2 cm³/mol. The zero-order valence-corrected chi connectivity index (χ0v) is 10.6. The number of hydrogen-bond donors (Lipinski definition) is 1. The maximum Gasteiger partial charge on any atom is 0.240 e. The van der Waals surface area contributed by atoms with Gasteiger partial charge in [0.1, 0.15) is 11.2 Å². The molecule has 88 valence electrons. The fourth-order valence-corrected chi connectivity index (χ4v) is 1.95. The Hall–Kier alpha value is -1.41. The van der Waals surface area contributed by atoms with Gasteiger partial charge in [0.25, 0.3) is 0 Å². The number of amides is 1. The van der Waals surface area contributed by atoms with E-state index in [1.165, 1.54) is 6.07 Å². The van der Waals surface area contributed by atoms with E-state index in [1.54, 1.807) is 12.1 Å². The molecule has 0 radical (unpaired) electrons. The average Bonchev–Trinajstić information content (AvgIpc) is 3.11. The molecule has 0 atom stereocenters. The van der Waals surface area contributed by atoms with Crippen LogP contribution in [0.25, 0.3) is 0 Å². The van der Waals surface area contributed by atoms with Gasteiger partial charge in [0.2, 0.25) is 5.91 Å². The third-order valence-electron chi connectivity index (χ3n) is 2.85. The first-order valence-electron chi connectivity index (χ1n) is 5.21. The highest BCUT2D eigenvalue weighted by atomic mass is 79.9. The Kier molecular flexibility index (Phi) is 3.16. The van der Waals surface area contributed by atoms with Crippen molar-refractivity contribution >= 4 is 21.8 Å². The fraction of sp³-hybridized carbons (Fsp3) is 0.333. The van der Waals surface area contributed by atoms with Crippen molar-refractivity contribution in [3.05, 3.63) is 34.1 Å². The summed E-state index contributed by atoms with van der Waals surface area (Å²) in [6, 6.07) is 6.54. The summed E-state index contributed by atoms with van der Waals surface area (Å²) < 4.78 is 14.1. The quantitative estimate of drug-likeness (QED) is 0.932. The molecule has 17 heavy (non-hydrogen) atoms. The normalized spacial score (nSPS) is 16.1. The Morgan fingerprint density at radius 2 is 2.29 bits per heavy atom. The van der Waals surface area contributed by atoms with E-state index in [4.69, 9.17) is 5.26 Å². The average molecular weight is 297 g/mol. The van der Waals surface area contributed by atoms with Crippen molar-refractivity contribution in [2.45, 2.75) is 19.4 Å². The van der Waals surface area contributed by atoms with Crippen molar-refractivity contribution in [1.82, 2.24) is 5.32 Å². The maximum atomic E-state index is 13.4. The SMILES string of the molecule is N#CC1(C(=O)NCc2cc(Br)ccc2F)CC1. The number of hydrogen-bond acceptors (Lipinski definition) is 2. The number of benzene rings is 1. The van der Waals surface area contributed by atoms with Crippen LogP contribution >= 0.6 is 15.9 Å². The number of nitrogens with zero attached hydrogens (tertiary/aromatic N) is 1. The Morgan fingerprint density at radius 1 is 1.59 bits per heavy atom. The van der Waals surface area contributed by atoms with E-state index in [0.29, 0.717) is 18.4 Å². The Bertz CT molecular complexity index is 506. The van der Waals surface area contributed by atoms with Gasteiger partial charge in [-0.3, -0.25) is 4.79 Å². The van der Waals surface area contributed by atoms with Crippen molar-refractivity contribution in [3.63, 3.8) is 0 Å². The highest BCUT2D eigenvalue weighted by Gasteiger charge is 2.50. The zero-order valence-electron chi connectivity index (χ0n) is 8.96. The van der Waals surface area contributed by atoms with Crippen molar-refractivity contribution in [3.8, 4) is 6.07 Å². The lowest BCUT2D eigenvalue weighted by molar-refractivity contribution is -0.124. The molecular formula is C12H10BrFN2O. The lowest BCUT2D eigenvalue weighted by Gasteiger charge is -2.09. The monoisotopic (exact) mass is 296 g/mol. The molecule has 0 aromatic heterocycles. The first-order chi connectivity index (χ1) is 8.07. The second-order valence-electron chi connectivity index (χ2n) is 4.11. The lowest BCUT2D eigenvalue weighted by Crippen LogP contribution is -2.30. The molecule has 1 aliphatic rings. The van der Waals surface area contributed by atoms with Crippen LogP contribution < -0.4 is 5.32 Å². The topological polar surface area (TPSA) is 52.9 Å². The van der Waals surface area contributed by atoms with Crippen LogP contribution in [0.1, 0.15) is 18.4 Å². The largest absolute Gasteiger partial charge is 0.351 e. The number of halogens is 2. The van der Waals surface area contributed by atoms with Crippen LogP contribution in [0, 0.1) is 22.6 Å². The first kappa shape index (κ1) is 12.1. The summed E-state index contributed by atoms with van der Waals surface area (Å²) in [5.74, 6) is -0.672. The molecule has 0 aliphatic heterocycles. The molecule has 1 N–H and O–H groups in total. The van der Waals surface area contributed by atoms with Gasteiger partial charge < -0.3 is 5.32 Å². The Morgan fingerprint density at radius 3 is 2.88 bits per heavy atom. The number of rotatable bonds is 3. The molecule has 2 rings (SSSR count). The zero-order chi connectivity index (χ0) is 12.5. The minimum atomic E-state index is -0.859. The highest BCUT2D eigenvalue weighted by Crippen LogP contribution is 2.45. The van der Waals surface area contributed by atoms with Crippen LogP contribution in [0.5, 0.6) is 0 Å². The molecule has 1 aromatic rings. The number of carbonyl (C=O) groups is 1. The number of nitriles is 1. The molecule has 0 spiro atoms.